The molecule has 2 aromatic rings. The molecule has 0 radical (unpaired) electrons. The Hall–Kier alpha value is -2.29. The molecule has 0 amide bonds. The van der Waals surface area contributed by atoms with Crippen LogP contribution in [0.15, 0.2) is 78.4 Å². The van der Waals surface area contributed by atoms with Crippen molar-refractivity contribution in [2.75, 3.05) is 33.1 Å². The number of benzene rings is 2. The highest BCUT2D eigenvalue weighted by atomic mass is 35.5. The summed E-state index contributed by atoms with van der Waals surface area (Å²) in [7, 11) is 8.20. The number of anilines is 1. The van der Waals surface area contributed by atoms with Crippen LogP contribution in [0.3, 0.4) is 0 Å². The van der Waals surface area contributed by atoms with Gasteiger partial charge in [0.05, 0.1) is 0 Å². The third-order valence-electron chi connectivity index (χ3n) is 4.49. The van der Waals surface area contributed by atoms with Crippen molar-refractivity contribution in [2.45, 2.75) is 0 Å². The second-order valence-corrected chi connectivity index (χ2v) is 7.14. The molecule has 0 atom stereocenters. The van der Waals surface area contributed by atoms with E-state index in [-0.39, 0.29) is 12.4 Å². The van der Waals surface area contributed by atoms with Crippen molar-refractivity contribution in [1.82, 2.24) is 0 Å². The van der Waals surface area contributed by atoms with E-state index in [1.807, 2.05) is 46.4 Å². The summed E-state index contributed by atoms with van der Waals surface area (Å²) in [5, 5.41) is 0.760. The van der Waals surface area contributed by atoms with E-state index in [2.05, 4.69) is 64.1 Å². The summed E-state index contributed by atoms with van der Waals surface area (Å²) in [6.45, 7) is 0. The van der Waals surface area contributed by atoms with E-state index in [4.69, 9.17) is 11.6 Å². The summed E-state index contributed by atoms with van der Waals surface area (Å²) in [5.41, 5.74) is 6.85. The Labute approximate surface area is 173 Å². The van der Waals surface area contributed by atoms with Crippen molar-refractivity contribution in [3.05, 3.63) is 94.6 Å². The van der Waals surface area contributed by atoms with Gasteiger partial charge >= 0.3 is 0 Å². The lowest BCUT2D eigenvalue weighted by Gasteiger charge is -2.17. The normalized spacial score (nSPS) is 12.6. The molecule has 0 aromatic heterocycles. The van der Waals surface area contributed by atoms with Crippen molar-refractivity contribution < 1.29 is 4.58 Å². The quantitative estimate of drug-likeness (QED) is 0.620. The van der Waals surface area contributed by atoms with Crippen molar-refractivity contribution in [3.63, 3.8) is 0 Å². The molecule has 0 saturated carbocycles. The molecule has 2 nitrogen and oxygen atoms in total. The molecule has 140 valence electrons. The van der Waals surface area contributed by atoms with Gasteiger partial charge in [0, 0.05) is 42.5 Å². The van der Waals surface area contributed by atoms with Gasteiger partial charge in [-0.2, -0.15) is 0 Å². The molecule has 1 aliphatic rings. The monoisotopic (exact) mass is 399 g/mol. The summed E-state index contributed by atoms with van der Waals surface area (Å²) in [6, 6.07) is 16.6. The molecule has 0 fully saturated rings. The van der Waals surface area contributed by atoms with Crippen LogP contribution in [0.2, 0.25) is 5.02 Å². The van der Waals surface area contributed by atoms with Crippen LogP contribution < -0.4 is 4.90 Å². The van der Waals surface area contributed by atoms with Crippen LogP contribution in [0.4, 0.5) is 5.69 Å². The van der Waals surface area contributed by atoms with Crippen LogP contribution in [-0.2, 0) is 0 Å². The maximum atomic E-state index is 6.54. The zero-order chi connectivity index (χ0) is 18.7. The van der Waals surface area contributed by atoms with Crippen molar-refractivity contribution >= 4 is 41.0 Å². The lowest BCUT2D eigenvalue weighted by Crippen LogP contribution is -2.10. The van der Waals surface area contributed by atoms with Crippen LogP contribution in [0.25, 0.3) is 5.57 Å². The van der Waals surface area contributed by atoms with Gasteiger partial charge in [0.2, 0.25) is 0 Å². The minimum atomic E-state index is 0. The SMILES string of the molecule is CN(C)c1ccc(C(=C2C=CC(=[N+](C)C)C=C2)c2ccccc2Cl)cc1.Cl. The highest BCUT2D eigenvalue weighted by Crippen LogP contribution is 2.34. The molecule has 27 heavy (non-hydrogen) atoms. The molecule has 0 N–H and O–H groups in total. The van der Waals surface area contributed by atoms with E-state index in [1.165, 1.54) is 11.4 Å². The van der Waals surface area contributed by atoms with Gasteiger partial charge in [-0.1, -0.05) is 41.9 Å². The summed E-state index contributed by atoms with van der Waals surface area (Å²) in [5.74, 6) is 0. The first kappa shape index (κ1) is 21.0. The summed E-state index contributed by atoms with van der Waals surface area (Å²) in [4.78, 5) is 2.10. The molecule has 4 heteroatoms. The highest BCUT2D eigenvalue weighted by molar-refractivity contribution is 6.32. The predicted octanol–water partition coefficient (Wildman–Crippen LogP) is 5.47. The van der Waals surface area contributed by atoms with E-state index in [0.717, 1.165) is 27.3 Å². The summed E-state index contributed by atoms with van der Waals surface area (Å²) >= 11 is 6.54. The minimum absolute atomic E-state index is 0. The van der Waals surface area contributed by atoms with Gasteiger partial charge in [0.15, 0.2) is 5.71 Å². The molecule has 0 unspecified atom stereocenters. The Morgan fingerprint density at radius 3 is 1.96 bits per heavy atom. The van der Waals surface area contributed by atoms with Gasteiger partial charge < -0.3 is 4.90 Å². The zero-order valence-corrected chi connectivity index (χ0v) is 17.7. The Morgan fingerprint density at radius 1 is 0.852 bits per heavy atom. The average Bonchev–Trinajstić information content (AvgIpc) is 2.64. The molecule has 0 bridgehead atoms. The average molecular weight is 400 g/mol. The van der Waals surface area contributed by atoms with E-state index in [1.54, 1.807) is 0 Å². The van der Waals surface area contributed by atoms with Crippen LogP contribution >= 0.6 is 24.0 Å². The van der Waals surface area contributed by atoms with E-state index >= 15 is 0 Å². The number of allylic oxidation sites excluding steroid dienone is 5. The first-order valence-electron chi connectivity index (χ1n) is 8.65. The third-order valence-corrected chi connectivity index (χ3v) is 4.82. The Morgan fingerprint density at radius 2 is 1.44 bits per heavy atom. The first-order chi connectivity index (χ1) is 12.5. The smallest absolute Gasteiger partial charge is 0.199 e. The number of hydrogen-bond acceptors (Lipinski definition) is 1. The summed E-state index contributed by atoms with van der Waals surface area (Å²) in [6.07, 6.45) is 8.60. The molecule has 0 spiro atoms. The standard InChI is InChI=1S/C23H24ClN2.ClH/c1-25(2)19-13-9-17(10-14-19)23(21-7-5-6-8-22(21)24)18-11-15-20(16-12-18)26(3)4;/h5-16H,1-4H3;1H/q+1;. The molecule has 2 aromatic carbocycles. The van der Waals surface area contributed by atoms with Crippen LogP contribution in [0, 0.1) is 0 Å². The van der Waals surface area contributed by atoms with Crippen LogP contribution in [-0.4, -0.2) is 38.5 Å². The zero-order valence-electron chi connectivity index (χ0n) is 16.1. The molecular formula is C23H25Cl2N2+. The maximum absolute atomic E-state index is 6.54. The molecule has 1 aliphatic carbocycles. The molecule has 3 rings (SSSR count). The van der Waals surface area contributed by atoms with E-state index in [0.29, 0.717) is 0 Å². The van der Waals surface area contributed by atoms with Crippen molar-refractivity contribution in [2.24, 2.45) is 0 Å². The first-order valence-corrected chi connectivity index (χ1v) is 9.02. The number of hydrogen-bond donors (Lipinski definition) is 0. The van der Waals surface area contributed by atoms with Crippen LogP contribution in [0.5, 0.6) is 0 Å². The van der Waals surface area contributed by atoms with Gasteiger partial charge in [-0.05, 0) is 47.1 Å². The van der Waals surface area contributed by atoms with Crippen molar-refractivity contribution in [3.8, 4) is 0 Å². The predicted molar refractivity (Wildman–Crippen MR) is 121 cm³/mol. The van der Waals surface area contributed by atoms with Gasteiger partial charge in [-0.3, -0.25) is 0 Å². The second kappa shape index (κ2) is 9.07. The summed E-state index contributed by atoms with van der Waals surface area (Å²) < 4.78 is 2.10. The van der Waals surface area contributed by atoms with Crippen LogP contribution in [0.1, 0.15) is 11.1 Å². The third kappa shape index (κ3) is 4.71. The maximum Gasteiger partial charge on any atom is 0.199 e. The Bertz CT molecular complexity index is 911. The fourth-order valence-electron chi connectivity index (χ4n) is 2.99. The molecular weight excluding hydrogens is 375 g/mol. The molecule has 0 aliphatic heterocycles. The topological polar surface area (TPSA) is 6.25 Å². The van der Waals surface area contributed by atoms with Gasteiger partial charge in [-0.15, -0.1) is 12.4 Å². The molecule has 0 saturated heterocycles. The van der Waals surface area contributed by atoms with E-state index in [9.17, 15) is 0 Å². The van der Waals surface area contributed by atoms with E-state index < -0.39 is 0 Å². The fourth-order valence-corrected chi connectivity index (χ4v) is 3.22. The highest BCUT2D eigenvalue weighted by Gasteiger charge is 2.15. The van der Waals surface area contributed by atoms with Gasteiger partial charge in [0.25, 0.3) is 0 Å². The van der Waals surface area contributed by atoms with Gasteiger partial charge in [0.1, 0.15) is 14.1 Å². The second-order valence-electron chi connectivity index (χ2n) is 6.74. The van der Waals surface area contributed by atoms with Gasteiger partial charge in [-0.25, -0.2) is 4.58 Å². The number of nitrogens with zero attached hydrogens (tertiary/aromatic N) is 2. The lowest BCUT2D eigenvalue weighted by atomic mass is 9.90. The Kier molecular flexibility index (Phi) is 7.06. The minimum Gasteiger partial charge on any atom is -0.378 e. The van der Waals surface area contributed by atoms with Crippen molar-refractivity contribution in [1.29, 1.82) is 0 Å². The number of rotatable bonds is 3. The Balaban J connectivity index is 0.00000261. The largest absolute Gasteiger partial charge is 0.378 e. The lowest BCUT2D eigenvalue weighted by molar-refractivity contribution is -0.462. The fraction of sp³-hybridized carbons (Fsp3) is 0.174. The number of halogens is 2. The molecule has 0 heterocycles.